The molecule has 1 aliphatic heterocycles. The lowest BCUT2D eigenvalue weighted by Crippen LogP contribution is -2.51. The lowest BCUT2D eigenvalue weighted by Gasteiger charge is -2.35. The highest BCUT2D eigenvalue weighted by Crippen LogP contribution is 2.26. The molecule has 5 heteroatoms. The van der Waals surface area contributed by atoms with E-state index in [0.717, 1.165) is 32.2 Å². The summed E-state index contributed by atoms with van der Waals surface area (Å²) in [4.78, 5) is 26.5. The number of nitrogens with zero attached hydrogens (tertiary/aromatic N) is 1. The zero-order valence-electron chi connectivity index (χ0n) is 14.6. The van der Waals surface area contributed by atoms with Gasteiger partial charge in [0, 0.05) is 25.4 Å². The summed E-state index contributed by atoms with van der Waals surface area (Å²) in [5, 5.41) is 12.6. The van der Waals surface area contributed by atoms with Crippen molar-refractivity contribution in [3.63, 3.8) is 0 Å². The van der Waals surface area contributed by atoms with E-state index in [1.807, 2.05) is 0 Å². The van der Waals surface area contributed by atoms with Gasteiger partial charge in [-0.05, 0) is 45.4 Å². The molecule has 5 nitrogen and oxygen atoms in total. The van der Waals surface area contributed by atoms with Gasteiger partial charge in [0.15, 0.2) is 0 Å². The summed E-state index contributed by atoms with van der Waals surface area (Å²) in [6.45, 7) is 4.88. The highest BCUT2D eigenvalue weighted by molar-refractivity contribution is 5.87. The van der Waals surface area contributed by atoms with Crippen molar-refractivity contribution in [2.24, 2.45) is 11.8 Å². The first-order valence-electron chi connectivity index (χ1n) is 9.23. The molecule has 0 aromatic rings. The van der Waals surface area contributed by atoms with Gasteiger partial charge in [-0.3, -0.25) is 9.59 Å². The molecule has 2 rings (SSSR count). The standard InChI is InChI=1S/C18H32N2O3/c1-13(19-17(22)11-15-7-4-3-5-8-15)18(23)20-10-6-9-16(12-20)14(2)21/h13-16,21H,3-12H2,1-2H3,(H,19,22). The lowest BCUT2D eigenvalue weighted by atomic mass is 9.87. The first kappa shape index (κ1) is 18.2. The van der Waals surface area contributed by atoms with Crippen molar-refractivity contribution in [1.29, 1.82) is 0 Å². The van der Waals surface area contributed by atoms with Gasteiger partial charge in [0.1, 0.15) is 6.04 Å². The molecule has 1 heterocycles. The van der Waals surface area contributed by atoms with Gasteiger partial charge in [-0.15, -0.1) is 0 Å². The molecule has 3 unspecified atom stereocenters. The fourth-order valence-electron chi connectivity index (χ4n) is 3.89. The van der Waals surface area contributed by atoms with E-state index in [-0.39, 0.29) is 23.8 Å². The van der Waals surface area contributed by atoms with Crippen LogP contribution in [0.15, 0.2) is 0 Å². The van der Waals surface area contributed by atoms with Crippen LogP contribution < -0.4 is 5.32 Å². The summed E-state index contributed by atoms with van der Waals surface area (Å²) >= 11 is 0. The van der Waals surface area contributed by atoms with Gasteiger partial charge < -0.3 is 15.3 Å². The van der Waals surface area contributed by atoms with Crippen LogP contribution in [0.2, 0.25) is 0 Å². The van der Waals surface area contributed by atoms with E-state index in [9.17, 15) is 14.7 Å². The summed E-state index contributed by atoms with van der Waals surface area (Å²) in [6, 6.07) is -0.473. The lowest BCUT2D eigenvalue weighted by molar-refractivity contribution is -0.138. The van der Waals surface area contributed by atoms with Gasteiger partial charge >= 0.3 is 0 Å². The fourth-order valence-corrected chi connectivity index (χ4v) is 3.89. The minimum absolute atomic E-state index is 0.00170. The third kappa shape index (κ3) is 5.48. The van der Waals surface area contributed by atoms with Crippen molar-refractivity contribution in [2.45, 2.75) is 77.4 Å². The number of hydrogen-bond donors (Lipinski definition) is 2. The maximum Gasteiger partial charge on any atom is 0.244 e. The number of hydrogen-bond acceptors (Lipinski definition) is 3. The highest BCUT2D eigenvalue weighted by Gasteiger charge is 2.29. The van der Waals surface area contributed by atoms with E-state index >= 15 is 0 Å². The largest absolute Gasteiger partial charge is 0.393 e. The van der Waals surface area contributed by atoms with Gasteiger partial charge in [-0.25, -0.2) is 0 Å². The zero-order valence-corrected chi connectivity index (χ0v) is 14.6. The third-order valence-corrected chi connectivity index (χ3v) is 5.40. The van der Waals surface area contributed by atoms with Crippen LogP contribution in [-0.4, -0.2) is 47.1 Å². The molecule has 1 aliphatic carbocycles. The van der Waals surface area contributed by atoms with Crippen LogP contribution in [-0.2, 0) is 9.59 Å². The molecule has 0 aromatic carbocycles. The molecule has 0 bridgehead atoms. The average Bonchev–Trinajstić information content (AvgIpc) is 2.55. The first-order valence-corrected chi connectivity index (χ1v) is 9.23. The first-order chi connectivity index (χ1) is 11.0. The second kappa shape index (κ2) is 8.67. The van der Waals surface area contributed by atoms with Crippen molar-refractivity contribution in [1.82, 2.24) is 10.2 Å². The summed E-state index contributed by atoms with van der Waals surface area (Å²) in [6.07, 6.45) is 8.05. The molecule has 1 saturated carbocycles. The van der Waals surface area contributed by atoms with E-state index in [1.165, 1.54) is 19.3 Å². The van der Waals surface area contributed by atoms with Crippen molar-refractivity contribution < 1.29 is 14.7 Å². The van der Waals surface area contributed by atoms with Crippen LogP contribution in [0.5, 0.6) is 0 Å². The van der Waals surface area contributed by atoms with Gasteiger partial charge in [0.2, 0.25) is 11.8 Å². The molecular weight excluding hydrogens is 292 g/mol. The van der Waals surface area contributed by atoms with Crippen molar-refractivity contribution in [3.8, 4) is 0 Å². The van der Waals surface area contributed by atoms with E-state index < -0.39 is 6.04 Å². The monoisotopic (exact) mass is 324 g/mol. The van der Waals surface area contributed by atoms with Crippen molar-refractivity contribution >= 4 is 11.8 Å². The molecule has 3 atom stereocenters. The number of amides is 2. The maximum atomic E-state index is 12.5. The van der Waals surface area contributed by atoms with Crippen LogP contribution in [0.3, 0.4) is 0 Å². The van der Waals surface area contributed by atoms with Crippen LogP contribution in [0.25, 0.3) is 0 Å². The Hall–Kier alpha value is -1.10. The smallest absolute Gasteiger partial charge is 0.244 e. The number of piperidine rings is 1. The summed E-state index contributed by atoms with van der Waals surface area (Å²) < 4.78 is 0. The number of likely N-dealkylation sites (tertiary alicyclic amines) is 1. The van der Waals surface area contributed by atoms with E-state index in [4.69, 9.17) is 0 Å². The second-order valence-corrected chi connectivity index (χ2v) is 7.42. The molecule has 2 aliphatic rings. The Kier molecular flexibility index (Phi) is 6.88. The predicted octanol–water partition coefficient (Wildman–Crippen LogP) is 2.08. The Morgan fingerprint density at radius 1 is 1.13 bits per heavy atom. The Morgan fingerprint density at radius 2 is 1.83 bits per heavy atom. The molecule has 132 valence electrons. The molecule has 2 N–H and O–H groups in total. The number of carbonyl (C=O) groups is 2. The Balaban J connectivity index is 1.78. The number of carbonyl (C=O) groups excluding carboxylic acids is 2. The number of nitrogens with one attached hydrogen (secondary N) is 1. The van der Waals surface area contributed by atoms with Gasteiger partial charge in [0.25, 0.3) is 0 Å². The molecule has 0 radical (unpaired) electrons. The Morgan fingerprint density at radius 3 is 2.48 bits per heavy atom. The van der Waals surface area contributed by atoms with Gasteiger partial charge in [0.05, 0.1) is 6.10 Å². The molecule has 0 aromatic heterocycles. The molecule has 2 fully saturated rings. The second-order valence-electron chi connectivity index (χ2n) is 7.42. The van der Waals surface area contributed by atoms with Crippen molar-refractivity contribution in [2.75, 3.05) is 13.1 Å². The summed E-state index contributed by atoms with van der Waals surface area (Å²) in [7, 11) is 0. The molecule has 23 heavy (non-hydrogen) atoms. The number of rotatable bonds is 5. The topological polar surface area (TPSA) is 69.6 Å². The van der Waals surface area contributed by atoms with E-state index in [2.05, 4.69) is 5.32 Å². The normalized spacial score (nSPS) is 25.7. The van der Waals surface area contributed by atoms with Gasteiger partial charge in [-0.1, -0.05) is 19.3 Å². The van der Waals surface area contributed by atoms with E-state index in [0.29, 0.717) is 18.9 Å². The average molecular weight is 324 g/mol. The number of aliphatic hydroxyl groups is 1. The van der Waals surface area contributed by atoms with Gasteiger partial charge in [-0.2, -0.15) is 0 Å². The quantitative estimate of drug-likeness (QED) is 0.813. The maximum absolute atomic E-state index is 12.5. The number of aliphatic hydroxyl groups excluding tert-OH is 1. The Bertz CT molecular complexity index is 405. The van der Waals surface area contributed by atoms with Crippen LogP contribution in [0, 0.1) is 11.8 Å². The van der Waals surface area contributed by atoms with Crippen LogP contribution in [0.4, 0.5) is 0 Å². The molecular formula is C18H32N2O3. The predicted molar refractivity (Wildman–Crippen MR) is 89.8 cm³/mol. The SMILES string of the molecule is CC(NC(=O)CC1CCCCC1)C(=O)N1CCCC(C(C)O)C1. The third-order valence-electron chi connectivity index (χ3n) is 5.40. The minimum atomic E-state index is -0.473. The Labute approximate surface area is 139 Å². The highest BCUT2D eigenvalue weighted by atomic mass is 16.3. The van der Waals surface area contributed by atoms with E-state index in [1.54, 1.807) is 18.7 Å². The summed E-state index contributed by atoms with van der Waals surface area (Å²) in [5.74, 6) is 0.618. The zero-order chi connectivity index (χ0) is 16.8. The van der Waals surface area contributed by atoms with Crippen LogP contribution in [0.1, 0.15) is 65.2 Å². The summed E-state index contributed by atoms with van der Waals surface area (Å²) in [5.41, 5.74) is 0. The molecule has 2 amide bonds. The minimum Gasteiger partial charge on any atom is -0.393 e. The van der Waals surface area contributed by atoms with Crippen LogP contribution >= 0.6 is 0 Å². The van der Waals surface area contributed by atoms with Crippen molar-refractivity contribution in [3.05, 3.63) is 0 Å². The fraction of sp³-hybridized carbons (Fsp3) is 0.889. The molecule has 0 spiro atoms. The molecule has 1 saturated heterocycles.